The van der Waals surface area contributed by atoms with Gasteiger partial charge in [-0.3, -0.25) is 0 Å². The lowest BCUT2D eigenvalue weighted by atomic mass is 9.81. The van der Waals surface area contributed by atoms with E-state index in [-0.39, 0.29) is 0 Å². The summed E-state index contributed by atoms with van der Waals surface area (Å²) >= 11 is 0. The predicted molar refractivity (Wildman–Crippen MR) is 57.4 cm³/mol. The highest BCUT2D eigenvalue weighted by molar-refractivity contribution is 4.68. The molecule has 0 aliphatic rings. The third kappa shape index (κ3) is 6.69. The smallest absolute Gasteiger partial charge is 0.0380 e. The SMILES string of the molecule is CCCCC(CC)CC(C)(C)C. The van der Waals surface area contributed by atoms with Crippen LogP contribution in [0.25, 0.3) is 0 Å². The topological polar surface area (TPSA) is 0 Å². The van der Waals surface area contributed by atoms with Crippen molar-refractivity contribution in [1.82, 2.24) is 0 Å². The number of hydrogen-bond donors (Lipinski definition) is 0. The molecule has 1 atom stereocenters. The standard InChI is InChI=1S/C12H26/c1-6-8-9-11(7-2)10-12(3,4)5/h11H,6-10H2,1-5H3. The van der Waals surface area contributed by atoms with Crippen LogP contribution in [0, 0.1) is 11.3 Å². The Kier molecular flexibility index (Phi) is 5.61. The molecular formula is C12H26. The van der Waals surface area contributed by atoms with E-state index in [0.29, 0.717) is 5.41 Å². The molecule has 0 nitrogen and oxygen atoms in total. The van der Waals surface area contributed by atoms with Crippen molar-refractivity contribution in [2.75, 3.05) is 0 Å². The summed E-state index contributed by atoms with van der Waals surface area (Å²) in [6, 6.07) is 0. The summed E-state index contributed by atoms with van der Waals surface area (Å²) in [4.78, 5) is 0. The quantitative estimate of drug-likeness (QED) is 0.564. The first-order chi connectivity index (χ1) is 5.49. The lowest BCUT2D eigenvalue weighted by molar-refractivity contribution is 0.272. The van der Waals surface area contributed by atoms with Gasteiger partial charge in [0.15, 0.2) is 0 Å². The van der Waals surface area contributed by atoms with E-state index in [1.165, 1.54) is 32.1 Å². The van der Waals surface area contributed by atoms with E-state index in [9.17, 15) is 0 Å². The molecule has 1 unspecified atom stereocenters. The zero-order chi connectivity index (χ0) is 9.61. The van der Waals surface area contributed by atoms with Crippen molar-refractivity contribution < 1.29 is 0 Å². The molecule has 0 N–H and O–H groups in total. The minimum Gasteiger partial charge on any atom is -0.0654 e. The molecule has 0 aromatic rings. The molecule has 0 aromatic carbocycles. The zero-order valence-electron chi connectivity index (χ0n) is 9.61. The van der Waals surface area contributed by atoms with E-state index in [4.69, 9.17) is 0 Å². The van der Waals surface area contributed by atoms with E-state index in [1.807, 2.05) is 0 Å². The summed E-state index contributed by atoms with van der Waals surface area (Å²) in [5.41, 5.74) is 0.522. The lowest BCUT2D eigenvalue weighted by Crippen LogP contribution is -2.12. The van der Waals surface area contributed by atoms with E-state index >= 15 is 0 Å². The first-order valence-electron chi connectivity index (χ1n) is 5.49. The van der Waals surface area contributed by atoms with Gasteiger partial charge in [-0.25, -0.2) is 0 Å². The van der Waals surface area contributed by atoms with Crippen molar-refractivity contribution in [2.45, 2.75) is 66.7 Å². The molecule has 0 spiro atoms. The van der Waals surface area contributed by atoms with Crippen LogP contribution in [-0.4, -0.2) is 0 Å². The van der Waals surface area contributed by atoms with Crippen molar-refractivity contribution in [2.24, 2.45) is 11.3 Å². The van der Waals surface area contributed by atoms with Crippen LogP contribution in [0.5, 0.6) is 0 Å². The van der Waals surface area contributed by atoms with Crippen LogP contribution in [0.2, 0.25) is 0 Å². The van der Waals surface area contributed by atoms with E-state index in [1.54, 1.807) is 0 Å². The molecule has 0 rings (SSSR count). The highest BCUT2D eigenvalue weighted by atomic mass is 14.2. The maximum atomic E-state index is 2.35. The summed E-state index contributed by atoms with van der Waals surface area (Å²) in [6.45, 7) is 11.7. The zero-order valence-corrected chi connectivity index (χ0v) is 9.61. The van der Waals surface area contributed by atoms with Gasteiger partial charge in [-0.05, 0) is 17.8 Å². The van der Waals surface area contributed by atoms with E-state index in [0.717, 1.165) is 5.92 Å². The molecule has 0 heteroatoms. The second kappa shape index (κ2) is 5.61. The summed E-state index contributed by atoms with van der Waals surface area (Å²) in [7, 11) is 0. The average molecular weight is 170 g/mol. The molecule has 0 amide bonds. The van der Waals surface area contributed by atoms with Crippen LogP contribution in [0.15, 0.2) is 0 Å². The number of rotatable bonds is 5. The Bertz CT molecular complexity index is 97.1. The predicted octanol–water partition coefficient (Wildman–Crippen LogP) is 4.64. The molecule has 0 aliphatic heterocycles. The number of hydrogen-bond acceptors (Lipinski definition) is 0. The molecule has 0 radical (unpaired) electrons. The van der Waals surface area contributed by atoms with Crippen LogP contribution in [0.4, 0.5) is 0 Å². The Balaban J connectivity index is 3.67. The normalized spacial score (nSPS) is 14.8. The van der Waals surface area contributed by atoms with Gasteiger partial charge < -0.3 is 0 Å². The summed E-state index contributed by atoms with van der Waals surface area (Å²) in [5, 5.41) is 0. The van der Waals surface area contributed by atoms with Gasteiger partial charge in [0.05, 0.1) is 0 Å². The molecule has 12 heavy (non-hydrogen) atoms. The second-order valence-corrected chi connectivity index (χ2v) is 5.18. The highest BCUT2D eigenvalue weighted by Gasteiger charge is 2.16. The van der Waals surface area contributed by atoms with Crippen LogP contribution < -0.4 is 0 Å². The Morgan fingerprint density at radius 3 is 2.00 bits per heavy atom. The van der Waals surface area contributed by atoms with Crippen LogP contribution >= 0.6 is 0 Å². The van der Waals surface area contributed by atoms with E-state index in [2.05, 4.69) is 34.6 Å². The first-order valence-corrected chi connectivity index (χ1v) is 5.49. The van der Waals surface area contributed by atoms with Crippen molar-refractivity contribution in [1.29, 1.82) is 0 Å². The van der Waals surface area contributed by atoms with Gasteiger partial charge in [0.2, 0.25) is 0 Å². The molecule has 0 aliphatic carbocycles. The lowest BCUT2D eigenvalue weighted by Gasteiger charge is -2.25. The minimum absolute atomic E-state index is 0.522. The Labute approximate surface area is 78.8 Å². The first kappa shape index (κ1) is 12.0. The number of unbranched alkanes of at least 4 members (excludes halogenated alkanes) is 1. The summed E-state index contributed by atoms with van der Waals surface area (Å²) in [5.74, 6) is 0.963. The van der Waals surface area contributed by atoms with Crippen LogP contribution in [0.1, 0.15) is 66.7 Å². The van der Waals surface area contributed by atoms with Gasteiger partial charge >= 0.3 is 0 Å². The van der Waals surface area contributed by atoms with Gasteiger partial charge in [-0.2, -0.15) is 0 Å². The average Bonchev–Trinajstić information content (AvgIpc) is 1.95. The van der Waals surface area contributed by atoms with Gasteiger partial charge in [0, 0.05) is 0 Å². The molecule has 0 saturated carbocycles. The fourth-order valence-corrected chi connectivity index (χ4v) is 1.81. The van der Waals surface area contributed by atoms with Gasteiger partial charge in [0.25, 0.3) is 0 Å². The maximum absolute atomic E-state index is 2.35. The van der Waals surface area contributed by atoms with Crippen LogP contribution in [0.3, 0.4) is 0 Å². The largest absolute Gasteiger partial charge is 0.0654 e. The minimum atomic E-state index is 0.522. The van der Waals surface area contributed by atoms with Gasteiger partial charge in [-0.1, -0.05) is 60.3 Å². The summed E-state index contributed by atoms with van der Waals surface area (Å²) < 4.78 is 0. The van der Waals surface area contributed by atoms with Crippen LogP contribution in [-0.2, 0) is 0 Å². The molecular weight excluding hydrogens is 144 g/mol. The van der Waals surface area contributed by atoms with Gasteiger partial charge in [0.1, 0.15) is 0 Å². The maximum Gasteiger partial charge on any atom is -0.0380 e. The molecule has 0 heterocycles. The second-order valence-electron chi connectivity index (χ2n) is 5.18. The Morgan fingerprint density at radius 2 is 1.67 bits per heavy atom. The van der Waals surface area contributed by atoms with Crippen molar-refractivity contribution in [3.63, 3.8) is 0 Å². The fourth-order valence-electron chi connectivity index (χ4n) is 1.81. The Hall–Kier alpha value is 0. The molecule has 0 saturated heterocycles. The molecule has 0 bridgehead atoms. The third-order valence-electron chi connectivity index (χ3n) is 2.44. The summed E-state index contributed by atoms with van der Waals surface area (Å²) in [6.07, 6.45) is 6.94. The molecule has 0 aromatic heterocycles. The Morgan fingerprint density at radius 1 is 1.08 bits per heavy atom. The van der Waals surface area contributed by atoms with Crippen molar-refractivity contribution >= 4 is 0 Å². The molecule has 74 valence electrons. The van der Waals surface area contributed by atoms with E-state index < -0.39 is 0 Å². The van der Waals surface area contributed by atoms with Gasteiger partial charge in [-0.15, -0.1) is 0 Å². The van der Waals surface area contributed by atoms with Crippen molar-refractivity contribution in [3.8, 4) is 0 Å². The monoisotopic (exact) mass is 170 g/mol. The molecule has 0 fully saturated rings. The fraction of sp³-hybridized carbons (Fsp3) is 1.00. The third-order valence-corrected chi connectivity index (χ3v) is 2.44. The van der Waals surface area contributed by atoms with Crippen molar-refractivity contribution in [3.05, 3.63) is 0 Å². The highest BCUT2D eigenvalue weighted by Crippen LogP contribution is 2.29.